The Labute approximate surface area is 117 Å². The zero-order valence-electron chi connectivity index (χ0n) is 12.7. The second-order valence-electron chi connectivity index (χ2n) is 6.14. The van der Waals surface area contributed by atoms with Crippen LogP contribution >= 0.6 is 0 Å². The summed E-state index contributed by atoms with van der Waals surface area (Å²) in [6.45, 7) is 8.99. The Morgan fingerprint density at radius 2 is 1.68 bits per heavy atom. The van der Waals surface area contributed by atoms with Crippen LogP contribution in [-0.4, -0.2) is 12.4 Å². The van der Waals surface area contributed by atoms with E-state index in [2.05, 4.69) is 32.9 Å². The zero-order valence-corrected chi connectivity index (χ0v) is 12.7. The molecule has 19 heavy (non-hydrogen) atoms. The van der Waals surface area contributed by atoms with E-state index in [1.807, 2.05) is 12.1 Å². The van der Waals surface area contributed by atoms with Gasteiger partial charge in [0.1, 0.15) is 11.5 Å². The molecule has 2 nitrogen and oxygen atoms in total. The van der Waals surface area contributed by atoms with Gasteiger partial charge in [-0.25, -0.2) is 0 Å². The fourth-order valence-corrected chi connectivity index (χ4v) is 1.89. The maximum absolute atomic E-state index is 10.8. The van der Waals surface area contributed by atoms with Crippen LogP contribution < -0.4 is 4.74 Å². The van der Waals surface area contributed by atoms with Gasteiger partial charge in [0.05, 0.1) is 6.61 Å². The molecule has 0 aliphatic heterocycles. The fraction of sp³-hybridized carbons (Fsp3) is 0.588. The van der Waals surface area contributed by atoms with E-state index >= 15 is 0 Å². The average Bonchev–Trinajstić information content (AvgIpc) is 2.32. The summed E-state index contributed by atoms with van der Waals surface area (Å²) in [4.78, 5) is 10.8. The lowest BCUT2D eigenvalue weighted by molar-refractivity contribution is -0.117. The van der Waals surface area contributed by atoms with Crippen molar-refractivity contribution in [1.82, 2.24) is 0 Å². The van der Waals surface area contributed by atoms with Crippen LogP contribution in [0.5, 0.6) is 5.75 Å². The van der Waals surface area contributed by atoms with Crippen molar-refractivity contribution in [2.45, 2.75) is 58.8 Å². The summed E-state index contributed by atoms with van der Waals surface area (Å²) in [5.74, 6) is 1.21. The number of hydrogen-bond acceptors (Lipinski definition) is 2. The Hall–Kier alpha value is -1.31. The highest BCUT2D eigenvalue weighted by Gasteiger charge is 2.12. The summed E-state index contributed by atoms with van der Waals surface area (Å²) in [6.07, 6.45) is 3.73. The number of carbonyl (C=O) groups is 1. The third kappa shape index (κ3) is 6.42. The standard InChI is InChI=1S/C17H26O2/c1-14(18)8-6-5-7-13-19-16-11-9-15(10-12-16)17(2,3)4/h9-12H,5-8,13H2,1-4H3. The second kappa shape index (κ2) is 7.32. The largest absolute Gasteiger partial charge is 0.494 e. The van der Waals surface area contributed by atoms with E-state index in [9.17, 15) is 4.79 Å². The maximum Gasteiger partial charge on any atom is 0.129 e. The van der Waals surface area contributed by atoms with Crippen molar-refractivity contribution in [1.29, 1.82) is 0 Å². The summed E-state index contributed by atoms with van der Waals surface area (Å²) in [5, 5.41) is 0. The first-order chi connectivity index (χ1) is 8.89. The average molecular weight is 262 g/mol. The molecule has 0 aromatic heterocycles. The van der Waals surface area contributed by atoms with E-state index in [0.717, 1.165) is 31.6 Å². The van der Waals surface area contributed by atoms with Gasteiger partial charge in [0.2, 0.25) is 0 Å². The van der Waals surface area contributed by atoms with Crippen LogP contribution in [0.1, 0.15) is 58.9 Å². The van der Waals surface area contributed by atoms with Gasteiger partial charge in [0.25, 0.3) is 0 Å². The predicted octanol–water partition coefficient (Wildman–Crippen LogP) is 4.51. The molecular weight excluding hydrogens is 236 g/mol. The van der Waals surface area contributed by atoms with Crippen LogP contribution in [0.25, 0.3) is 0 Å². The van der Waals surface area contributed by atoms with E-state index in [0.29, 0.717) is 6.42 Å². The number of ketones is 1. The highest BCUT2D eigenvalue weighted by atomic mass is 16.5. The van der Waals surface area contributed by atoms with Gasteiger partial charge in [-0.3, -0.25) is 0 Å². The molecule has 0 radical (unpaired) electrons. The summed E-state index contributed by atoms with van der Waals surface area (Å²) >= 11 is 0. The molecular formula is C17H26O2. The first kappa shape index (κ1) is 15.7. The van der Waals surface area contributed by atoms with Crippen molar-refractivity contribution >= 4 is 5.78 Å². The predicted molar refractivity (Wildman–Crippen MR) is 79.8 cm³/mol. The zero-order chi connectivity index (χ0) is 14.3. The molecule has 1 aromatic carbocycles. The van der Waals surface area contributed by atoms with Crippen molar-refractivity contribution in [3.05, 3.63) is 29.8 Å². The fourth-order valence-electron chi connectivity index (χ4n) is 1.89. The molecule has 0 heterocycles. The first-order valence-electron chi connectivity index (χ1n) is 7.12. The van der Waals surface area contributed by atoms with Crippen molar-refractivity contribution in [3.8, 4) is 5.75 Å². The van der Waals surface area contributed by atoms with Gasteiger partial charge in [-0.2, -0.15) is 0 Å². The van der Waals surface area contributed by atoms with Crippen LogP contribution in [0.2, 0.25) is 0 Å². The van der Waals surface area contributed by atoms with Crippen molar-refractivity contribution < 1.29 is 9.53 Å². The number of carbonyl (C=O) groups excluding carboxylic acids is 1. The van der Waals surface area contributed by atoms with E-state index in [1.165, 1.54) is 5.56 Å². The van der Waals surface area contributed by atoms with Gasteiger partial charge in [0, 0.05) is 6.42 Å². The van der Waals surface area contributed by atoms with Crippen LogP contribution in [0.15, 0.2) is 24.3 Å². The van der Waals surface area contributed by atoms with Crippen LogP contribution in [0, 0.1) is 0 Å². The summed E-state index contributed by atoms with van der Waals surface area (Å²) in [6, 6.07) is 8.34. The summed E-state index contributed by atoms with van der Waals surface area (Å²) in [5.41, 5.74) is 1.51. The molecule has 0 atom stereocenters. The second-order valence-corrected chi connectivity index (χ2v) is 6.14. The molecule has 0 fully saturated rings. The molecule has 0 bridgehead atoms. The van der Waals surface area contributed by atoms with E-state index in [4.69, 9.17) is 4.74 Å². The van der Waals surface area contributed by atoms with Crippen LogP contribution in [0.3, 0.4) is 0 Å². The molecule has 1 aromatic rings. The molecule has 0 saturated carbocycles. The Morgan fingerprint density at radius 3 is 2.21 bits per heavy atom. The Bertz CT molecular complexity index is 385. The maximum atomic E-state index is 10.8. The number of hydrogen-bond donors (Lipinski definition) is 0. The highest BCUT2D eigenvalue weighted by Crippen LogP contribution is 2.24. The Kier molecular flexibility index (Phi) is 6.07. The van der Waals surface area contributed by atoms with Crippen LogP contribution in [0.4, 0.5) is 0 Å². The SMILES string of the molecule is CC(=O)CCCCCOc1ccc(C(C)(C)C)cc1. The van der Waals surface area contributed by atoms with Gasteiger partial charge in [-0.1, -0.05) is 32.9 Å². The lowest BCUT2D eigenvalue weighted by Gasteiger charge is -2.19. The van der Waals surface area contributed by atoms with E-state index in [1.54, 1.807) is 6.92 Å². The van der Waals surface area contributed by atoms with Gasteiger partial charge in [-0.15, -0.1) is 0 Å². The smallest absolute Gasteiger partial charge is 0.129 e. The minimum Gasteiger partial charge on any atom is -0.494 e. The van der Waals surface area contributed by atoms with E-state index in [-0.39, 0.29) is 11.2 Å². The number of unbranched alkanes of at least 4 members (excludes halogenated alkanes) is 2. The molecule has 106 valence electrons. The van der Waals surface area contributed by atoms with Crippen molar-refractivity contribution in [2.24, 2.45) is 0 Å². The normalized spacial score (nSPS) is 11.4. The third-order valence-electron chi connectivity index (χ3n) is 3.16. The van der Waals surface area contributed by atoms with Crippen molar-refractivity contribution in [2.75, 3.05) is 6.61 Å². The monoisotopic (exact) mass is 262 g/mol. The lowest BCUT2D eigenvalue weighted by Crippen LogP contribution is -2.10. The third-order valence-corrected chi connectivity index (χ3v) is 3.16. The van der Waals surface area contributed by atoms with Gasteiger partial charge >= 0.3 is 0 Å². The van der Waals surface area contributed by atoms with Gasteiger partial charge in [-0.05, 0) is 49.3 Å². The molecule has 0 amide bonds. The topological polar surface area (TPSA) is 26.3 Å². The number of ether oxygens (including phenoxy) is 1. The quantitative estimate of drug-likeness (QED) is 0.676. The van der Waals surface area contributed by atoms with Gasteiger partial charge < -0.3 is 9.53 Å². The minimum atomic E-state index is 0.186. The lowest BCUT2D eigenvalue weighted by atomic mass is 9.87. The molecule has 1 rings (SSSR count). The Morgan fingerprint density at radius 1 is 1.05 bits per heavy atom. The number of rotatable bonds is 7. The molecule has 0 unspecified atom stereocenters. The molecule has 0 spiro atoms. The molecule has 0 saturated heterocycles. The summed E-state index contributed by atoms with van der Waals surface area (Å²) in [7, 11) is 0. The highest BCUT2D eigenvalue weighted by molar-refractivity contribution is 5.75. The van der Waals surface area contributed by atoms with Crippen LogP contribution in [-0.2, 0) is 10.2 Å². The van der Waals surface area contributed by atoms with Gasteiger partial charge in [0.15, 0.2) is 0 Å². The first-order valence-corrected chi connectivity index (χ1v) is 7.12. The molecule has 0 aliphatic carbocycles. The molecule has 0 N–H and O–H groups in total. The number of benzene rings is 1. The molecule has 2 heteroatoms. The molecule has 0 aliphatic rings. The summed E-state index contributed by atoms with van der Waals surface area (Å²) < 4.78 is 5.70. The van der Waals surface area contributed by atoms with Crippen molar-refractivity contribution in [3.63, 3.8) is 0 Å². The number of Topliss-reactive ketones (excluding diaryl/α,β-unsaturated/α-hetero) is 1. The minimum absolute atomic E-state index is 0.186. The Balaban J connectivity index is 2.25. The van der Waals surface area contributed by atoms with E-state index < -0.39 is 0 Å².